The van der Waals surface area contributed by atoms with Gasteiger partial charge in [0.1, 0.15) is 5.75 Å². The third-order valence-electron chi connectivity index (χ3n) is 4.48. The molecule has 0 saturated heterocycles. The maximum atomic E-state index is 14.2. The molecule has 0 aliphatic carbocycles. The van der Waals surface area contributed by atoms with Crippen LogP contribution in [0.25, 0.3) is 0 Å². The molecule has 3 rings (SSSR count). The minimum atomic E-state index is -3.49. The summed E-state index contributed by atoms with van der Waals surface area (Å²) in [5.41, 5.74) is 1.69. The van der Waals surface area contributed by atoms with Crippen LogP contribution in [0.2, 0.25) is 0 Å². The normalized spacial score (nSPS) is 11.2. The maximum Gasteiger partial charge on any atom is 0.230 e. The van der Waals surface area contributed by atoms with Gasteiger partial charge in [0.25, 0.3) is 0 Å². The number of rotatable bonds is 5. The Balaban J connectivity index is 2.25. The minimum Gasteiger partial charge on any atom is -0.497 e. The highest BCUT2D eigenvalue weighted by Crippen LogP contribution is 2.48. The van der Waals surface area contributed by atoms with Crippen molar-refractivity contribution in [3.8, 4) is 5.75 Å². The Labute approximate surface area is 154 Å². The molecule has 3 aromatic carbocycles. The summed E-state index contributed by atoms with van der Waals surface area (Å²) in [6.07, 6.45) is 0. The van der Waals surface area contributed by atoms with E-state index in [0.717, 1.165) is 11.1 Å². The molecule has 3 aromatic rings. The lowest BCUT2D eigenvalue weighted by Crippen LogP contribution is -2.23. The van der Waals surface area contributed by atoms with Gasteiger partial charge in [0, 0.05) is 16.2 Å². The molecule has 0 N–H and O–H groups in total. The summed E-state index contributed by atoms with van der Waals surface area (Å²) in [7, 11) is -1.90. The predicted molar refractivity (Wildman–Crippen MR) is 107 cm³/mol. The van der Waals surface area contributed by atoms with Crippen molar-refractivity contribution in [2.24, 2.45) is 0 Å². The van der Waals surface area contributed by atoms with E-state index < -0.39 is 7.14 Å². The van der Waals surface area contributed by atoms with Crippen molar-refractivity contribution < 1.29 is 14.1 Å². The molecule has 0 radical (unpaired) electrons. The van der Waals surface area contributed by atoms with Crippen LogP contribution in [0.5, 0.6) is 5.75 Å². The predicted octanol–water partition coefficient (Wildman–Crippen LogP) is 4.47. The summed E-state index contributed by atoms with van der Waals surface area (Å²) in [5, 5.41) is 1.09. The Kier molecular flexibility index (Phi) is 5.11. The van der Waals surface area contributed by atoms with Crippen LogP contribution in [0.15, 0.2) is 72.8 Å². The van der Waals surface area contributed by atoms with E-state index in [0.29, 0.717) is 21.9 Å². The quantitative estimate of drug-likeness (QED) is 0.628. The molecule has 0 spiro atoms. The van der Waals surface area contributed by atoms with Gasteiger partial charge in [0.15, 0.2) is 0 Å². The molecule has 0 aliphatic rings. The molecule has 0 saturated carbocycles. The van der Waals surface area contributed by atoms with Crippen LogP contribution in [0.1, 0.15) is 21.5 Å². The van der Waals surface area contributed by atoms with Crippen LogP contribution in [0.4, 0.5) is 0 Å². The van der Waals surface area contributed by atoms with E-state index in [1.807, 2.05) is 50.2 Å². The number of methoxy groups -OCH3 is 1. The van der Waals surface area contributed by atoms with Crippen molar-refractivity contribution in [1.82, 2.24) is 0 Å². The van der Waals surface area contributed by atoms with Gasteiger partial charge in [-0.05, 0) is 37.1 Å². The second kappa shape index (κ2) is 7.31. The van der Waals surface area contributed by atoms with E-state index in [4.69, 9.17) is 4.74 Å². The third-order valence-corrected chi connectivity index (χ3v) is 7.33. The van der Waals surface area contributed by atoms with Crippen molar-refractivity contribution in [2.75, 3.05) is 7.11 Å². The van der Waals surface area contributed by atoms with Crippen LogP contribution in [-0.4, -0.2) is 12.6 Å². The number of hydrogen-bond acceptors (Lipinski definition) is 3. The van der Waals surface area contributed by atoms with Crippen molar-refractivity contribution in [3.63, 3.8) is 0 Å². The van der Waals surface area contributed by atoms with E-state index in [9.17, 15) is 9.36 Å². The molecule has 0 heterocycles. The Morgan fingerprint density at radius 1 is 0.808 bits per heavy atom. The topological polar surface area (TPSA) is 43.4 Å². The van der Waals surface area contributed by atoms with E-state index in [1.165, 1.54) is 0 Å². The molecule has 0 bridgehead atoms. The zero-order chi connectivity index (χ0) is 18.7. The molecule has 3 nitrogen and oxygen atoms in total. The van der Waals surface area contributed by atoms with Gasteiger partial charge in [-0.2, -0.15) is 0 Å². The first-order chi connectivity index (χ1) is 12.5. The molecule has 0 fully saturated rings. The van der Waals surface area contributed by atoms with Crippen LogP contribution >= 0.6 is 7.14 Å². The summed E-state index contributed by atoms with van der Waals surface area (Å²) in [6, 6.07) is 21.6. The lowest BCUT2D eigenvalue weighted by Gasteiger charge is -2.20. The second-order valence-electron chi connectivity index (χ2n) is 6.22. The lowest BCUT2D eigenvalue weighted by atomic mass is 10.0. The average molecular weight is 364 g/mol. The molecule has 4 heteroatoms. The fourth-order valence-corrected chi connectivity index (χ4v) is 5.81. The van der Waals surface area contributed by atoms with Gasteiger partial charge < -0.3 is 9.30 Å². The standard InChI is InChI=1S/C22H21O3P/c1-16-14-18(25-3)15-17(2)21(16)22(23)26(24,19-10-6-4-7-11-19)20-12-8-5-9-13-20/h4-15H,1-3H3. The Bertz CT molecular complexity index is 912. The van der Waals surface area contributed by atoms with E-state index in [-0.39, 0.29) is 5.52 Å². The average Bonchev–Trinajstić information content (AvgIpc) is 2.68. The third kappa shape index (κ3) is 3.11. The molecular formula is C22H21O3P. The molecule has 0 amide bonds. The minimum absolute atomic E-state index is 0.340. The Hall–Kier alpha value is -2.64. The number of benzene rings is 3. The second-order valence-corrected chi connectivity index (χ2v) is 8.88. The first-order valence-electron chi connectivity index (χ1n) is 8.40. The highest BCUT2D eigenvalue weighted by molar-refractivity contribution is 7.93. The summed E-state index contributed by atoms with van der Waals surface area (Å²) in [5.74, 6) is 0.686. The van der Waals surface area contributed by atoms with E-state index in [1.54, 1.807) is 43.5 Å². The van der Waals surface area contributed by atoms with E-state index in [2.05, 4.69) is 0 Å². The Morgan fingerprint density at radius 2 is 1.23 bits per heavy atom. The molecule has 132 valence electrons. The summed E-state index contributed by atoms with van der Waals surface area (Å²) in [4.78, 5) is 13.6. The molecular weight excluding hydrogens is 343 g/mol. The maximum absolute atomic E-state index is 14.2. The first kappa shape index (κ1) is 18.2. The number of aryl methyl sites for hydroxylation is 2. The SMILES string of the molecule is COc1cc(C)c(C(=O)P(=O)(c2ccccc2)c2ccccc2)c(C)c1. The van der Waals surface area contributed by atoms with Gasteiger partial charge >= 0.3 is 0 Å². The summed E-state index contributed by atoms with van der Waals surface area (Å²) >= 11 is 0. The van der Waals surface area contributed by atoms with Gasteiger partial charge in [-0.15, -0.1) is 0 Å². The molecule has 26 heavy (non-hydrogen) atoms. The monoisotopic (exact) mass is 364 g/mol. The van der Waals surface area contributed by atoms with Crippen LogP contribution < -0.4 is 15.3 Å². The van der Waals surface area contributed by atoms with Crippen LogP contribution in [0, 0.1) is 13.8 Å². The van der Waals surface area contributed by atoms with Crippen molar-refractivity contribution in [1.29, 1.82) is 0 Å². The van der Waals surface area contributed by atoms with Gasteiger partial charge in [0.05, 0.1) is 7.11 Å². The largest absolute Gasteiger partial charge is 0.497 e. The van der Waals surface area contributed by atoms with Gasteiger partial charge in [-0.25, -0.2) is 0 Å². The first-order valence-corrected chi connectivity index (χ1v) is 10.1. The van der Waals surface area contributed by atoms with Crippen molar-refractivity contribution >= 4 is 23.3 Å². The Morgan fingerprint density at radius 3 is 1.62 bits per heavy atom. The fraction of sp³-hybridized carbons (Fsp3) is 0.136. The van der Waals surface area contributed by atoms with Gasteiger partial charge in [-0.3, -0.25) is 4.79 Å². The highest BCUT2D eigenvalue weighted by atomic mass is 31.2. The van der Waals surface area contributed by atoms with Gasteiger partial charge in [0.2, 0.25) is 12.7 Å². The van der Waals surface area contributed by atoms with Crippen molar-refractivity contribution in [3.05, 3.63) is 89.5 Å². The highest BCUT2D eigenvalue weighted by Gasteiger charge is 2.37. The zero-order valence-corrected chi connectivity index (χ0v) is 16.0. The zero-order valence-electron chi connectivity index (χ0n) is 15.1. The number of carbonyl (C=O) groups excluding carboxylic acids is 1. The summed E-state index contributed by atoms with van der Waals surface area (Å²) in [6.45, 7) is 3.70. The molecule has 0 atom stereocenters. The summed E-state index contributed by atoms with van der Waals surface area (Å²) < 4.78 is 19.5. The molecule has 0 aliphatic heterocycles. The number of hydrogen-bond donors (Lipinski definition) is 0. The van der Waals surface area contributed by atoms with Gasteiger partial charge in [-0.1, -0.05) is 60.7 Å². The van der Waals surface area contributed by atoms with Crippen LogP contribution in [-0.2, 0) is 4.57 Å². The lowest BCUT2D eigenvalue weighted by molar-refractivity contribution is 0.107. The molecule has 0 aromatic heterocycles. The van der Waals surface area contributed by atoms with E-state index >= 15 is 0 Å². The number of carbonyl (C=O) groups is 1. The smallest absolute Gasteiger partial charge is 0.230 e. The van der Waals surface area contributed by atoms with Crippen LogP contribution in [0.3, 0.4) is 0 Å². The number of ether oxygens (including phenoxy) is 1. The van der Waals surface area contributed by atoms with Crippen molar-refractivity contribution in [2.45, 2.75) is 13.8 Å². The fourth-order valence-electron chi connectivity index (χ4n) is 3.20. The molecule has 0 unspecified atom stereocenters.